The smallest absolute Gasteiger partial charge is 0.0468 e. The van der Waals surface area contributed by atoms with E-state index in [0.29, 0.717) is 0 Å². The van der Waals surface area contributed by atoms with Crippen molar-refractivity contribution in [2.24, 2.45) is 0 Å². The Hall–Kier alpha value is -6.74. The molecule has 1 nitrogen and oxygen atoms in total. The third-order valence-corrected chi connectivity index (χ3v) is 11.7. The Bertz CT molecular complexity index is 2890. The topological polar surface area (TPSA) is 3.24 Å². The highest BCUT2D eigenvalue weighted by Crippen LogP contribution is 2.45. The van der Waals surface area contributed by atoms with Crippen LogP contribution in [0.25, 0.3) is 75.5 Å². The monoisotopic (exact) mass is 705 g/mol. The van der Waals surface area contributed by atoms with Crippen LogP contribution in [0.3, 0.4) is 0 Å². The Labute approximate surface area is 319 Å². The lowest BCUT2D eigenvalue weighted by Crippen LogP contribution is -2.10. The highest BCUT2D eigenvalue weighted by molar-refractivity contribution is 7.26. The number of nitrogens with zero attached hydrogens (tertiary/aromatic N) is 1. The fourth-order valence-electron chi connectivity index (χ4n) is 7.86. The van der Waals surface area contributed by atoms with E-state index in [1.165, 1.54) is 75.5 Å². The summed E-state index contributed by atoms with van der Waals surface area (Å²) in [4.78, 5) is 2.38. The summed E-state index contributed by atoms with van der Waals surface area (Å²) in [5.74, 6) is 0. The van der Waals surface area contributed by atoms with E-state index in [9.17, 15) is 0 Å². The van der Waals surface area contributed by atoms with Crippen molar-refractivity contribution in [3.63, 3.8) is 0 Å². The molecule has 0 amide bonds. The lowest BCUT2D eigenvalue weighted by molar-refractivity contribution is 1.28. The Balaban J connectivity index is 1.11. The predicted octanol–water partition coefficient (Wildman–Crippen LogP) is 15.3. The minimum Gasteiger partial charge on any atom is -0.310 e. The first-order chi connectivity index (χ1) is 26.8. The molecule has 10 rings (SSSR count). The fourth-order valence-corrected chi connectivity index (χ4v) is 9.12. The average molecular weight is 706 g/mol. The van der Waals surface area contributed by atoms with Gasteiger partial charge in [-0.25, -0.2) is 0 Å². The van der Waals surface area contributed by atoms with Crippen LogP contribution in [0.15, 0.2) is 212 Å². The third kappa shape index (κ3) is 5.74. The van der Waals surface area contributed by atoms with Gasteiger partial charge in [0.25, 0.3) is 0 Å². The maximum Gasteiger partial charge on any atom is 0.0468 e. The highest BCUT2D eigenvalue weighted by Gasteiger charge is 2.18. The molecular formula is C52H35NS. The molecule has 54 heavy (non-hydrogen) atoms. The van der Waals surface area contributed by atoms with Gasteiger partial charge in [-0.1, -0.05) is 170 Å². The van der Waals surface area contributed by atoms with Crippen LogP contribution in [0.4, 0.5) is 17.1 Å². The van der Waals surface area contributed by atoms with Gasteiger partial charge in [-0.2, -0.15) is 0 Å². The van der Waals surface area contributed by atoms with Crippen LogP contribution in [0.1, 0.15) is 0 Å². The number of rotatable bonds is 7. The second kappa shape index (κ2) is 13.7. The van der Waals surface area contributed by atoms with Gasteiger partial charge in [-0.15, -0.1) is 11.3 Å². The van der Waals surface area contributed by atoms with Crippen molar-refractivity contribution >= 4 is 59.3 Å². The largest absolute Gasteiger partial charge is 0.310 e. The molecule has 0 atom stereocenters. The van der Waals surface area contributed by atoms with E-state index < -0.39 is 0 Å². The molecular weight excluding hydrogens is 671 g/mol. The third-order valence-electron chi connectivity index (χ3n) is 10.5. The van der Waals surface area contributed by atoms with Crippen molar-refractivity contribution in [1.82, 2.24) is 0 Å². The first-order valence-corrected chi connectivity index (χ1v) is 19.2. The van der Waals surface area contributed by atoms with Crippen molar-refractivity contribution < 1.29 is 0 Å². The standard InChI is InChI=1S/C52H35NS/c1-4-13-36(14-5-1)37-23-28-42(29-24-37)53(44-32-33-45(38-15-6-2-7-16-38)49(35-44)39-17-8-3-9-18-39)43-30-25-41(26-31-43)47-21-12-22-48-51-46-20-11-10-19-40(46)27-34-50(51)54-52(47)48/h1-35H. The fraction of sp³-hybridized carbons (Fsp3) is 0. The molecule has 0 saturated carbocycles. The molecule has 0 aliphatic heterocycles. The van der Waals surface area contributed by atoms with E-state index in [4.69, 9.17) is 0 Å². The summed E-state index contributed by atoms with van der Waals surface area (Å²) in [6, 6.07) is 77.0. The first-order valence-electron chi connectivity index (χ1n) is 18.4. The molecule has 2 heteroatoms. The summed E-state index contributed by atoms with van der Waals surface area (Å²) < 4.78 is 2.65. The maximum atomic E-state index is 2.38. The van der Waals surface area contributed by atoms with Gasteiger partial charge in [0, 0.05) is 37.2 Å². The number of hydrogen-bond donors (Lipinski definition) is 0. The normalized spacial score (nSPS) is 11.3. The number of benzene rings is 9. The van der Waals surface area contributed by atoms with Crippen LogP contribution in [-0.4, -0.2) is 0 Å². The first kappa shape index (κ1) is 32.0. The lowest BCUT2D eigenvalue weighted by Gasteiger charge is -2.27. The molecule has 0 fully saturated rings. The molecule has 9 aromatic carbocycles. The molecule has 254 valence electrons. The molecule has 0 bridgehead atoms. The molecule has 0 aliphatic rings. The average Bonchev–Trinajstić information content (AvgIpc) is 3.65. The van der Waals surface area contributed by atoms with Gasteiger partial charge in [0.05, 0.1) is 0 Å². The Kier molecular flexibility index (Phi) is 8.09. The van der Waals surface area contributed by atoms with Crippen LogP contribution in [0.5, 0.6) is 0 Å². The van der Waals surface area contributed by atoms with Gasteiger partial charge in [0.15, 0.2) is 0 Å². The summed E-state index contributed by atoms with van der Waals surface area (Å²) in [6.45, 7) is 0. The van der Waals surface area contributed by atoms with E-state index in [1.807, 2.05) is 11.3 Å². The minimum atomic E-state index is 1.10. The Morgan fingerprint density at radius 1 is 0.315 bits per heavy atom. The molecule has 0 spiro atoms. The number of hydrogen-bond acceptors (Lipinski definition) is 2. The molecule has 10 aromatic rings. The highest BCUT2D eigenvalue weighted by atomic mass is 32.1. The van der Waals surface area contributed by atoms with Crippen molar-refractivity contribution in [3.8, 4) is 44.5 Å². The van der Waals surface area contributed by atoms with Crippen LogP contribution in [0, 0.1) is 0 Å². The SMILES string of the molecule is c1ccc(-c2ccc(N(c3ccc(-c4cccc5c4sc4ccc6ccccc6c45)cc3)c3ccc(-c4ccccc4)c(-c4ccccc4)c3)cc2)cc1. The van der Waals surface area contributed by atoms with Gasteiger partial charge >= 0.3 is 0 Å². The van der Waals surface area contributed by atoms with Crippen molar-refractivity contribution in [1.29, 1.82) is 0 Å². The zero-order chi connectivity index (χ0) is 35.8. The molecule has 0 radical (unpaired) electrons. The van der Waals surface area contributed by atoms with Gasteiger partial charge in [-0.05, 0) is 97.7 Å². The molecule has 0 aliphatic carbocycles. The molecule has 1 aromatic heterocycles. The summed E-state index contributed by atoms with van der Waals surface area (Å²) in [6.07, 6.45) is 0. The van der Waals surface area contributed by atoms with E-state index in [2.05, 4.69) is 217 Å². The summed E-state index contributed by atoms with van der Waals surface area (Å²) >= 11 is 1.89. The second-order valence-electron chi connectivity index (χ2n) is 13.7. The number of fused-ring (bicyclic) bond motifs is 5. The van der Waals surface area contributed by atoms with E-state index >= 15 is 0 Å². The van der Waals surface area contributed by atoms with Crippen molar-refractivity contribution in [2.75, 3.05) is 4.90 Å². The van der Waals surface area contributed by atoms with Crippen LogP contribution >= 0.6 is 11.3 Å². The molecule has 1 heterocycles. The van der Waals surface area contributed by atoms with Gasteiger partial charge < -0.3 is 4.90 Å². The van der Waals surface area contributed by atoms with Crippen LogP contribution < -0.4 is 4.90 Å². The van der Waals surface area contributed by atoms with Crippen LogP contribution in [-0.2, 0) is 0 Å². The van der Waals surface area contributed by atoms with E-state index in [1.54, 1.807) is 0 Å². The summed E-state index contributed by atoms with van der Waals surface area (Å²) in [5, 5.41) is 5.27. The minimum absolute atomic E-state index is 1.10. The summed E-state index contributed by atoms with van der Waals surface area (Å²) in [5.41, 5.74) is 13.0. The molecule has 0 unspecified atom stereocenters. The zero-order valence-corrected chi connectivity index (χ0v) is 30.4. The Morgan fingerprint density at radius 3 is 1.52 bits per heavy atom. The van der Waals surface area contributed by atoms with Gasteiger partial charge in [0.2, 0.25) is 0 Å². The lowest BCUT2D eigenvalue weighted by atomic mass is 9.93. The van der Waals surface area contributed by atoms with E-state index in [0.717, 1.165) is 17.1 Å². The van der Waals surface area contributed by atoms with E-state index in [-0.39, 0.29) is 0 Å². The quantitative estimate of drug-likeness (QED) is 0.160. The summed E-state index contributed by atoms with van der Waals surface area (Å²) in [7, 11) is 0. The van der Waals surface area contributed by atoms with Gasteiger partial charge in [0.1, 0.15) is 0 Å². The number of anilines is 3. The van der Waals surface area contributed by atoms with Crippen molar-refractivity contribution in [3.05, 3.63) is 212 Å². The van der Waals surface area contributed by atoms with Crippen LogP contribution in [0.2, 0.25) is 0 Å². The number of thiophene rings is 1. The molecule has 0 saturated heterocycles. The van der Waals surface area contributed by atoms with Crippen molar-refractivity contribution in [2.45, 2.75) is 0 Å². The molecule has 0 N–H and O–H groups in total. The predicted molar refractivity (Wildman–Crippen MR) is 233 cm³/mol. The zero-order valence-electron chi connectivity index (χ0n) is 29.6. The maximum absolute atomic E-state index is 2.38. The Morgan fingerprint density at radius 2 is 0.833 bits per heavy atom. The second-order valence-corrected chi connectivity index (χ2v) is 14.8. The van der Waals surface area contributed by atoms with Gasteiger partial charge in [-0.3, -0.25) is 0 Å².